The van der Waals surface area contributed by atoms with Gasteiger partial charge in [-0.2, -0.15) is 0 Å². The van der Waals surface area contributed by atoms with Gasteiger partial charge < -0.3 is 14.5 Å². The average Bonchev–Trinajstić information content (AvgIpc) is 2.39. The van der Waals surface area contributed by atoms with Crippen LogP contribution < -0.4 is 4.74 Å². The van der Waals surface area contributed by atoms with E-state index in [0.717, 1.165) is 0 Å². The van der Waals surface area contributed by atoms with Crippen molar-refractivity contribution in [2.75, 3.05) is 27.2 Å². The molecule has 0 saturated heterocycles. The minimum Gasteiger partial charge on any atom is -0.406 e. The van der Waals surface area contributed by atoms with Crippen LogP contribution >= 0.6 is 0 Å². The molecule has 0 fully saturated rings. The van der Waals surface area contributed by atoms with Crippen molar-refractivity contribution < 1.29 is 9.53 Å². The molecule has 6 heteroatoms. The minimum atomic E-state index is -0.390. The van der Waals surface area contributed by atoms with Crippen LogP contribution in [-0.2, 0) is 0 Å². The maximum absolute atomic E-state index is 11.9. The van der Waals surface area contributed by atoms with Crippen LogP contribution in [-0.4, -0.2) is 54.4 Å². The second-order valence-corrected chi connectivity index (χ2v) is 4.09. The summed E-state index contributed by atoms with van der Waals surface area (Å²) in [6.45, 7) is 5.01. The van der Waals surface area contributed by atoms with Gasteiger partial charge in [-0.3, -0.25) is 4.98 Å². The standard InChI is InChI=1S/C13H20N4O2/c1-5-17(6-2)13(18)19-12-9-14-8-7-11(12)15-10-16(3)4/h7-10H,5-6H2,1-4H3/b15-10+. The predicted octanol–water partition coefficient (Wildman–Crippen LogP) is 2.14. The second kappa shape index (κ2) is 7.35. The molecule has 0 atom stereocenters. The fourth-order valence-corrected chi connectivity index (χ4v) is 1.38. The molecule has 104 valence electrons. The maximum atomic E-state index is 11.9. The summed E-state index contributed by atoms with van der Waals surface area (Å²) in [4.78, 5) is 23.5. The minimum absolute atomic E-state index is 0.359. The Balaban J connectivity index is 2.86. The van der Waals surface area contributed by atoms with E-state index in [2.05, 4.69) is 9.98 Å². The molecular formula is C13H20N4O2. The van der Waals surface area contributed by atoms with Crippen LogP contribution in [0.5, 0.6) is 5.75 Å². The van der Waals surface area contributed by atoms with Gasteiger partial charge >= 0.3 is 6.09 Å². The van der Waals surface area contributed by atoms with Crippen LogP contribution in [0.1, 0.15) is 13.8 Å². The van der Waals surface area contributed by atoms with Crippen molar-refractivity contribution in [3.63, 3.8) is 0 Å². The third-order valence-electron chi connectivity index (χ3n) is 2.41. The van der Waals surface area contributed by atoms with E-state index >= 15 is 0 Å². The number of rotatable bonds is 5. The Morgan fingerprint density at radius 2 is 2.11 bits per heavy atom. The molecule has 0 aliphatic rings. The van der Waals surface area contributed by atoms with Crippen LogP contribution in [0.4, 0.5) is 10.5 Å². The van der Waals surface area contributed by atoms with E-state index < -0.39 is 0 Å². The van der Waals surface area contributed by atoms with Gasteiger partial charge in [-0.05, 0) is 19.9 Å². The fourth-order valence-electron chi connectivity index (χ4n) is 1.38. The van der Waals surface area contributed by atoms with Gasteiger partial charge in [0.15, 0.2) is 5.75 Å². The summed E-state index contributed by atoms with van der Waals surface area (Å²) in [5.41, 5.74) is 0.573. The first kappa shape index (κ1) is 14.9. The number of amides is 1. The van der Waals surface area contributed by atoms with Gasteiger partial charge in [-0.1, -0.05) is 0 Å². The summed E-state index contributed by atoms with van der Waals surface area (Å²) in [6, 6.07) is 1.70. The highest BCUT2D eigenvalue weighted by molar-refractivity contribution is 5.73. The predicted molar refractivity (Wildman–Crippen MR) is 75.0 cm³/mol. The van der Waals surface area contributed by atoms with Crippen molar-refractivity contribution in [1.29, 1.82) is 0 Å². The average molecular weight is 264 g/mol. The number of hydrogen-bond donors (Lipinski definition) is 0. The van der Waals surface area contributed by atoms with Crippen LogP contribution in [0, 0.1) is 0 Å². The highest BCUT2D eigenvalue weighted by Gasteiger charge is 2.14. The van der Waals surface area contributed by atoms with Crippen LogP contribution in [0.25, 0.3) is 0 Å². The molecule has 0 aromatic carbocycles. The van der Waals surface area contributed by atoms with E-state index in [-0.39, 0.29) is 6.09 Å². The first-order valence-corrected chi connectivity index (χ1v) is 6.19. The van der Waals surface area contributed by atoms with E-state index in [9.17, 15) is 4.79 Å². The van der Waals surface area contributed by atoms with Gasteiger partial charge in [-0.25, -0.2) is 9.79 Å². The van der Waals surface area contributed by atoms with Crippen molar-refractivity contribution in [3.8, 4) is 5.75 Å². The Bertz CT molecular complexity index is 442. The number of carbonyl (C=O) groups excluding carboxylic acids is 1. The zero-order valence-electron chi connectivity index (χ0n) is 11.8. The number of aliphatic imine (C=N–C) groups is 1. The highest BCUT2D eigenvalue weighted by Crippen LogP contribution is 2.25. The Kier molecular flexibility index (Phi) is 5.78. The monoisotopic (exact) mass is 264 g/mol. The SMILES string of the molecule is CCN(CC)C(=O)Oc1cnccc1/N=C/N(C)C. The Morgan fingerprint density at radius 3 is 2.68 bits per heavy atom. The summed E-state index contributed by atoms with van der Waals surface area (Å²) in [7, 11) is 3.73. The van der Waals surface area contributed by atoms with E-state index in [4.69, 9.17) is 4.74 Å². The molecule has 6 nitrogen and oxygen atoms in total. The number of carbonyl (C=O) groups is 1. The molecule has 1 rings (SSSR count). The summed E-state index contributed by atoms with van der Waals surface area (Å²) in [5, 5.41) is 0. The lowest BCUT2D eigenvalue weighted by atomic mass is 10.4. The molecule has 0 N–H and O–H groups in total. The first-order valence-electron chi connectivity index (χ1n) is 6.19. The summed E-state index contributed by atoms with van der Waals surface area (Å²) >= 11 is 0. The number of nitrogens with zero attached hydrogens (tertiary/aromatic N) is 4. The highest BCUT2D eigenvalue weighted by atomic mass is 16.6. The molecule has 1 amide bonds. The van der Waals surface area contributed by atoms with E-state index in [0.29, 0.717) is 24.5 Å². The quantitative estimate of drug-likeness (QED) is 0.604. The Labute approximate surface area is 113 Å². The smallest absolute Gasteiger partial charge is 0.406 e. The number of hydrogen-bond acceptors (Lipinski definition) is 4. The van der Waals surface area contributed by atoms with Gasteiger partial charge in [0, 0.05) is 33.4 Å². The summed E-state index contributed by atoms with van der Waals surface area (Å²) in [5.74, 6) is 0.359. The second-order valence-electron chi connectivity index (χ2n) is 4.09. The van der Waals surface area contributed by atoms with Gasteiger partial charge in [0.1, 0.15) is 5.69 Å². The zero-order chi connectivity index (χ0) is 14.3. The maximum Gasteiger partial charge on any atom is 0.415 e. The molecule has 1 aromatic rings. The fraction of sp³-hybridized carbons (Fsp3) is 0.462. The molecular weight excluding hydrogens is 244 g/mol. The number of pyridine rings is 1. The molecule has 1 heterocycles. The lowest BCUT2D eigenvalue weighted by Crippen LogP contribution is -2.33. The van der Waals surface area contributed by atoms with Crippen molar-refractivity contribution in [2.45, 2.75) is 13.8 Å². The molecule has 0 saturated carbocycles. The normalized spacial score (nSPS) is 10.5. The van der Waals surface area contributed by atoms with Crippen LogP contribution in [0.15, 0.2) is 23.5 Å². The van der Waals surface area contributed by atoms with E-state index in [1.165, 1.54) is 6.20 Å². The van der Waals surface area contributed by atoms with E-state index in [1.54, 1.807) is 28.4 Å². The molecule has 0 bridgehead atoms. The largest absolute Gasteiger partial charge is 0.415 e. The first-order chi connectivity index (χ1) is 9.08. The topological polar surface area (TPSA) is 58.0 Å². The number of ether oxygens (including phenoxy) is 1. The molecule has 1 aromatic heterocycles. The van der Waals surface area contributed by atoms with Crippen molar-refractivity contribution in [1.82, 2.24) is 14.8 Å². The van der Waals surface area contributed by atoms with Gasteiger partial charge in [0.2, 0.25) is 0 Å². The molecule has 0 aliphatic heterocycles. The van der Waals surface area contributed by atoms with Gasteiger partial charge in [-0.15, -0.1) is 0 Å². The van der Waals surface area contributed by atoms with Crippen LogP contribution in [0.2, 0.25) is 0 Å². The molecule has 0 unspecified atom stereocenters. The number of aromatic nitrogens is 1. The van der Waals surface area contributed by atoms with E-state index in [1.807, 2.05) is 27.9 Å². The third-order valence-corrected chi connectivity index (χ3v) is 2.41. The van der Waals surface area contributed by atoms with Gasteiger partial charge in [0.05, 0.1) is 12.5 Å². The third kappa shape index (κ3) is 4.57. The lowest BCUT2D eigenvalue weighted by molar-refractivity contribution is 0.157. The molecule has 0 radical (unpaired) electrons. The van der Waals surface area contributed by atoms with Crippen LogP contribution in [0.3, 0.4) is 0 Å². The summed E-state index contributed by atoms with van der Waals surface area (Å²) in [6.07, 6.45) is 4.35. The van der Waals surface area contributed by atoms with Gasteiger partial charge in [0.25, 0.3) is 0 Å². The lowest BCUT2D eigenvalue weighted by Gasteiger charge is -2.18. The molecule has 19 heavy (non-hydrogen) atoms. The molecule has 0 aliphatic carbocycles. The zero-order valence-corrected chi connectivity index (χ0v) is 11.8. The summed E-state index contributed by atoms with van der Waals surface area (Å²) < 4.78 is 5.31. The van der Waals surface area contributed by atoms with Crippen molar-refractivity contribution in [2.24, 2.45) is 4.99 Å². The van der Waals surface area contributed by atoms with Crippen molar-refractivity contribution in [3.05, 3.63) is 18.5 Å². The van der Waals surface area contributed by atoms with Crippen molar-refractivity contribution >= 4 is 18.1 Å². The Hall–Kier alpha value is -2.11. The Morgan fingerprint density at radius 1 is 1.42 bits per heavy atom. The molecule has 0 spiro atoms.